The minimum atomic E-state index is -1.01. The number of nitrogens with zero attached hydrogens (tertiary/aromatic N) is 1. The molecule has 7 atom stereocenters. The van der Waals surface area contributed by atoms with Crippen LogP contribution in [-0.4, -0.2) is 47.0 Å². The van der Waals surface area contributed by atoms with Gasteiger partial charge in [-0.3, -0.25) is 14.4 Å². The fraction of sp³-hybridized carbons (Fsp3) is 0.400. The van der Waals surface area contributed by atoms with Crippen molar-refractivity contribution in [3.63, 3.8) is 0 Å². The quantitative estimate of drug-likeness (QED) is 0.698. The molecule has 34 heavy (non-hydrogen) atoms. The number of hydrogen-bond acceptors (Lipinski definition) is 7. The van der Waals surface area contributed by atoms with Crippen LogP contribution in [0.5, 0.6) is 11.5 Å². The van der Waals surface area contributed by atoms with Crippen LogP contribution in [0.25, 0.3) is 0 Å². The number of ketones is 1. The summed E-state index contributed by atoms with van der Waals surface area (Å²) in [6.45, 7) is 1.98. The van der Waals surface area contributed by atoms with E-state index < -0.39 is 41.5 Å². The highest BCUT2D eigenvalue weighted by Gasteiger charge is 2.74. The molecule has 9 nitrogen and oxygen atoms in total. The van der Waals surface area contributed by atoms with Crippen molar-refractivity contribution >= 4 is 23.3 Å². The van der Waals surface area contributed by atoms with E-state index in [-0.39, 0.29) is 30.8 Å². The van der Waals surface area contributed by atoms with Crippen LogP contribution >= 0.6 is 0 Å². The normalized spacial score (nSPS) is 36.7. The van der Waals surface area contributed by atoms with E-state index >= 15 is 0 Å². The molecular formula is C25H22N2O7. The van der Waals surface area contributed by atoms with Gasteiger partial charge in [0.25, 0.3) is 0 Å². The van der Waals surface area contributed by atoms with Crippen molar-refractivity contribution in [3.8, 4) is 11.5 Å². The topological polar surface area (TPSA) is 107 Å². The summed E-state index contributed by atoms with van der Waals surface area (Å²) >= 11 is 0. The molecule has 9 heteroatoms. The maximum Gasteiger partial charge on any atom is 0.231 e. The van der Waals surface area contributed by atoms with Gasteiger partial charge in [-0.1, -0.05) is 19.1 Å². The number of piperidine rings is 1. The van der Waals surface area contributed by atoms with Crippen LogP contribution in [0.4, 0.5) is 5.69 Å². The first-order chi connectivity index (χ1) is 16.5. The third-order valence-corrected chi connectivity index (χ3v) is 7.89. The monoisotopic (exact) mass is 462 g/mol. The summed E-state index contributed by atoms with van der Waals surface area (Å²) < 4.78 is 22.7. The summed E-state index contributed by atoms with van der Waals surface area (Å²) in [7, 11) is 0. The van der Waals surface area contributed by atoms with E-state index in [1.807, 2.05) is 19.1 Å². The zero-order chi connectivity index (χ0) is 23.2. The molecule has 0 unspecified atom stereocenters. The number of furan rings is 1. The molecule has 2 bridgehead atoms. The SMILES string of the molecule is C[C@@H]1C(=O)C[C@H](c2ccco2)N2C(=O)[C@@H]3[C@@H](C(=O)Nc4ccc5c(c4)OCO5)[C@H]4C=C[C@@]3(O4)[C@@H]12. The summed E-state index contributed by atoms with van der Waals surface area (Å²) in [6, 6.07) is 7.69. The maximum absolute atomic E-state index is 13.9. The van der Waals surface area contributed by atoms with Crippen LogP contribution in [0.1, 0.15) is 25.1 Å². The second kappa shape index (κ2) is 6.73. The lowest BCUT2D eigenvalue weighted by Gasteiger charge is -2.43. The minimum Gasteiger partial charge on any atom is -0.467 e. The molecule has 0 aliphatic carbocycles. The lowest BCUT2D eigenvalue weighted by Crippen LogP contribution is -2.55. The van der Waals surface area contributed by atoms with Crippen molar-refractivity contribution in [3.05, 3.63) is 54.5 Å². The van der Waals surface area contributed by atoms with Crippen molar-refractivity contribution < 1.29 is 33.0 Å². The van der Waals surface area contributed by atoms with Gasteiger partial charge in [0.05, 0.1) is 36.3 Å². The molecule has 174 valence electrons. The lowest BCUT2D eigenvalue weighted by molar-refractivity contribution is -0.147. The molecule has 3 fully saturated rings. The fourth-order valence-electron chi connectivity index (χ4n) is 6.46. The van der Waals surface area contributed by atoms with Crippen LogP contribution in [0.15, 0.2) is 53.2 Å². The Morgan fingerprint density at radius 2 is 2.03 bits per heavy atom. The van der Waals surface area contributed by atoms with Gasteiger partial charge in [-0.15, -0.1) is 0 Å². The van der Waals surface area contributed by atoms with E-state index in [2.05, 4.69) is 5.32 Å². The van der Waals surface area contributed by atoms with Gasteiger partial charge in [0.15, 0.2) is 11.5 Å². The fourth-order valence-corrected chi connectivity index (χ4v) is 6.46. The number of nitrogens with one attached hydrogen (secondary N) is 1. The number of anilines is 1. The molecule has 5 aliphatic heterocycles. The molecule has 1 spiro atoms. The summed E-state index contributed by atoms with van der Waals surface area (Å²) in [6.07, 6.45) is 4.93. The van der Waals surface area contributed by atoms with E-state index in [0.29, 0.717) is 22.9 Å². The molecule has 1 aromatic carbocycles. The van der Waals surface area contributed by atoms with Gasteiger partial charge in [0, 0.05) is 24.1 Å². The molecule has 7 rings (SSSR count). The molecule has 5 aliphatic rings. The number of amides is 2. The van der Waals surface area contributed by atoms with Gasteiger partial charge >= 0.3 is 0 Å². The van der Waals surface area contributed by atoms with Crippen LogP contribution in [0, 0.1) is 17.8 Å². The zero-order valence-electron chi connectivity index (χ0n) is 18.3. The van der Waals surface area contributed by atoms with E-state index in [9.17, 15) is 14.4 Å². The van der Waals surface area contributed by atoms with Gasteiger partial charge in [0.2, 0.25) is 18.6 Å². The highest BCUT2D eigenvalue weighted by molar-refractivity contribution is 6.01. The Balaban J connectivity index is 1.24. The number of Topliss-reactive ketones (excluding diaryl/α,β-unsaturated/α-hetero) is 1. The number of carbonyl (C=O) groups is 3. The number of fused-ring (bicyclic) bond motifs is 3. The number of carbonyl (C=O) groups excluding carboxylic acids is 3. The van der Waals surface area contributed by atoms with E-state index in [1.165, 1.54) is 6.26 Å². The molecule has 0 saturated carbocycles. The van der Waals surface area contributed by atoms with Gasteiger partial charge in [-0.25, -0.2) is 0 Å². The first kappa shape index (κ1) is 19.8. The van der Waals surface area contributed by atoms with E-state index in [4.69, 9.17) is 18.6 Å². The number of hydrogen-bond donors (Lipinski definition) is 1. The molecule has 3 saturated heterocycles. The summed E-state index contributed by atoms with van der Waals surface area (Å²) in [4.78, 5) is 42.2. The first-order valence-electron chi connectivity index (χ1n) is 11.4. The molecule has 2 aromatic rings. The zero-order valence-corrected chi connectivity index (χ0v) is 18.3. The van der Waals surface area contributed by atoms with Crippen LogP contribution in [-0.2, 0) is 19.1 Å². The van der Waals surface area contributed by atoms with Crippen LogP contribution in [0.2, 0.25) is 0 Å². The third kappa shape index (κ3) is 2.45. The van der Waals surface area contributed by atoms with Gasteiger partial charge in [0.1, 0.15) is 17.1 Å². The Morgan fingerprint density at radius 1 is 1.18 bits per heavy atom. The summed E-state index contributed by atoms with van der Waals surface area (Å²) in [5, 5.41) is 2.92. The summed E-state index contributed by atoms with van der Waals surface area (Å²) in [5.74, 6) is -0.534. The Hall–Kier alpha value is -3.59. The average Bonchev–Trinajstić information content (AvgIpc) is 3.64. The van der Waals surface area contributed by atoms with Crippen LogP contribution in [0.3, 0.4) is 0 Å². The minimum absolute atomic E-state index is 0.0548. The van der Waals surface area contributed by atoms with Crippen molar-refractivity contribution in [1.29, 1.82) is 0 Å². The number of benzene rings is 1. The van der Waals surface area contributed by atoms with Crippen molar-refractivity contribution in [1.82, 2.24) is 4.90 Å². The highest BCUT2D eigenvalue weighted by atomic mass is 16.7. The second-order valence-electron chi connectivity index (χ2n) is 9.54. The molecule has 0 radical (unpaired) electrons. The first-order valence-corrected chi connectivity index (χ1v) is 11.4. The predicted molar refractivity (Wildman–Crippen MR) is 116 cm³/mol. The molecule has 1 N–H and O–H groups in total. The third-order valence-electron chi connectivity index (χ3n) is 7.89. The molecule has 2 amide bonds. The van der Waals surface area contributed by atoms with Crippen molar-refractivity contribution in [2.45, 2.75) is 37.1 Å². The predicted octanol–water partition coefficient (Wildman–Crippen LogP) is 2.45. The van der Waals surface area contributed by atoms with Gasteiger partial charge in [-0.05, 0) is 24.3 Å². The average molecular weight is 462 g/mol. The smallest absolute Gasteiger partial charge is 0.231 e. The number of ether oxygens (including phenoxy) is 3. The molecule has 6 heterocycles. The van der Waals surface area contributed by atoms with Gasteiger partial charge in [-0.2, -0.15) is 0 Å². The largest absolute Gasteiger partial charge is 0.467 e. The summed E-state index contributed by atoms with van der Waals surface area (Å²) in [5.41, 5.74) is -0.464. The molecular weight excluding hydrogens is 440 g/mol. The maximum atomic E-state index is 13.9. The van der Waals surface area contributed by atoms with Gasteiger partial charge < -0.3 is 28.8 Å². The Morgan fingerprint density at radius 3 is 2.85 bits per heavy atom. The van der Waals surface area contributed by atoms with E-state index in [1.54, 1.807) is 35.2 Å². The van der Waals surface area contributed by atoms with Crippen LogP contribution < -0.4 is 14.8 Å². The van der Waals surface area contributed by atoms with E-state index in [0.717, 1.165) is 0 Å². The second-order valence-corrected chi connectivity index (χ2v) is 9.54. The highest BCUT2D eigenvalue weighted by Crippen LogP contribution is 2.60. The van der Waals surface area contributed by atoms with Crippen molar-refractivity contribution in [2.24, 2.45) is 17.8 Å². The Kier molecular flexibility index (Phi) is 3.92. The van der Waals surface area contributed by atoms with Crippen molar-refractivity contribution in [2.75, 3.05) is 12.1 Å². The Labute approximate surface area is 194 Å². The standard InChI is InChI=1S/C25H22N2O7/c1-12-15(28)10-14(16-3-2-8-31-16)27-22(12)25-7-6-18(34-25)20(21(25)24(27)30)23(29)26-13-4-5-17-19(9-13)33-11-32-17/h2-9,12,14,18,20-22H,10-11H2,1H3,(H,26,29)/t12-,14-,18-,20+,21+,22-,25+/m1/s1. The molecule has 1 aromatic heterocycles. The lowest BCUT2D eigenvalue weighted by atomic mass is 9.70. The number of rotatable bonds is 3. The Bertz CT molecular complexity index is 1250.